The third-order valence-electron chi connectivity index (χ3n) is 4.89. The number of benzene rings is 2. The maximum absolute atomic E-state index is 14.5. The van der Waals surface area contributed by atoms with E-state index in [9.17, 15) is 13.2 Å². The van der Waals surface area contributed by atoms with Crippen molar-refractivity contribution in [2.24, 2.45) is 0 Å². The zero-order chi connectivity index (χ0) is 18.5. The summed E-state index contributed by atoms with van der Waals surface area (Å²) < 4.78 is 43.5. The Kier molecular flexibility index (Phi) is 3.50. The highest BCUT2D eigenvalue weighted by atomic mass is 19.2. The zero-order valence-electron chi connectivity index (χ0n) is 14.1. The van der Waals surface area contributed by atoms with Crippen LogP contribution in [0.15, 0.2) is 42.7 Å². The van der Waals surface area contributed by atoms with Gasteiger partial charge in [0.25, 0.3) is 0 Å². The summed E-state index contributed by atoms with van der Waals surface area (Å²) >= 11 is 0. The van der Waals surface area contributed by atoms with Gasteiger partial charge in [0, 0.05) is 35.8 Å². The van der Waals surface area contributed by atoms with Gasteiger partial charge in [-0.2, -0.15) is 5.10 Å². The molecule has 0 amide bonds. The highest BCUT2D eigenvalue weighted by molar-refractivity contribution is 5.88. The molecule has 0 unspecified atom stereocenters. The van der Waals surface area contributed by atoms with Crippen molar-refractivity contribution >= 4 is 11.0 Å². The summed E-state index contributed by atoms with van der Waals surface area (Å²) in [4.78, 5) is 8.58. The van der Waals surface area contributed by atoms with Crippen LogP contribution in [0.4, 0.5) is 13.2 Å². The van der Waals surface area contributed by atoms with Gasteiger partial charge >= 0.3 is 0 Å². The molecule has 27 heavy (non-hydrogen) atoms. The minimum Gasteiger partial charge on any atom is -0.268 e. The number of rotatable bonds is 2. The van der Waals surface area contributed by atoms with Gasteiger partial charge in [0.15, 0.2) is 17.5 Å². The molecule has 0 N–H and O–H groups in total. The van der Waals surface area contributed by atoms with Crippen molar-refractivity contribution < 1.29 is 13.2 Å². The number of aryl methyl sites for hydroxylation is 1. The van der Waals surface area contributed by atoms with E-state index in [0.29, 0.717) is 17.8 Å². The number of aromatic nitrogens is 4. The molecule has 0 atom stereocenters. The first-order valence-corrected chi connectivity index (χ1v) is 8.58. The fourth-order valence-electron chi connectivity index (χ4n) is 3.65. The molecule has 2 aromatic heterocycles. The Balaban J connectivity index is 1.78. The number of fused-ring (bicyclic) bond motifs is 2. The van der Waals surface area contributed by atoms with Crippen LogP contribution in [0.2, 0.25) is 0 Å². The molecule has 0 fully saturated rings. The average molecular weight is 366 g/mol. The summed E-state index contributed by atoms with van der Waals surface area (Å²) in [6.07, 6.45) is 4.93. The smallest absolute Gasteiger partial charge is 0.195 e. The zero-order valence-corrected chi connectivity index (χ0v) is 14.1. The van der Waals surface area contributed by atoms with E-state index >= 15 is 0 Å². The van der Waals surface area contributed by atoms with Crippen LogP contribution in [0, 0.1) is 17.5 Å². The van der Waals surface area contributed by atoms with Gasteiger partial charge in [-0.25, -0.2) is 13.2 Å². The molecule has 5 rings (SSSR count). The topological polar surface area (TPSA) is 43.6 Å². The molecule has 0 aliphatic carbocycles. The van der Waals surface area contributed by atoms with Gasteiger partial charge in [0.05, 0.1) is 11.0 Å². The van der Waals surface area contributed by atoms with E-state index in [2.05, 4.69) is 15.1 Å². The predicted molar refractivity (Wildman–Crippen MR) is 94.4 cm³/mol. The molecule has 1 aliphatic heterocycles. The van der Waals surface area contributed by atoms with E-state index in [4.69, 9.17) is 0 Å². The Bertz CT molecular complexity index is 1200. The molecule has 7 heteroatoms. The van der Waals surface area contributed by atoms with Gasteiger partial charge in [-0.15, -0.1) is 0 Å². The highest BCUT2D eigenvalue weighted by Crippen LogP contribution is 2.39. The van der Waals surface area contributed by atoms with Crippen LogP contribution >= 0.6 is 0 Å². The SMILES string of the molecule is Fc1ccc(-c2nn3c(c2-c2ccc4nccnc4c2)CCC3)c(F)c1F. The normalized spacial score (nSPS) is 13.3. The van der Waals surface area contributed by atoms with Crippen LogP contribution in [0.5, 0.6) is 0 Å². The van der Waals surface area contributed by atoms with Crippen LogP contribution in [0.3, 0.4) is 0 Å². The molecular formula is C20H13F3N4. The molecule has 1 aliphatic rings. The standard InChI is InChI=1S/C20H13F3N4/c21-13-5-4-12(18(22)19(13)23)20-17(16-2-1-9-27(16)26-20)11-3-6-14-15(10-11)25-8-7-24-14/h3-8,10H,1-2,9H2. The fraction of sp³-hybridized carbons (Fsp3) is 0.150. The second kappa shape index (κ2) is 5.90. The van der Waals surface area contributed by atoms with Gasteiger partial charge in [-0.05, 0) is 42.7 Å². The van der Waals surface area contributed by atoms with E-state index in [1.807, 2.05) is 22.9 Å². The van der Waals surface area contributed by atoms with Crippen LogP contribution in [0.25, 0.3) is 33.4 Å². The Morgan fingerprint density at radius 2 is 1.70 bits per heavy atom. The van der Waals surface area contributed by atoms with Crippen LogP contribution in [-0.2, 0) is 13.0 Å². The van der Waals surface area contributed by atoms with Gasteiger partial charge in [0.2, 0.25) is 0 Å². The Morgan fingerprint density at radius 1 is 0.889 bits per heavy atom. The molecule has 0 saturated carbocycles. The Hall–Kier alpha value is -3.22. The summed E-state index contributed by atoms with van der Waals surface area (Å²) in [5.41, 5.74) is 4.18. The van der Waals surface area contributed by atoms with Crippen molar-refractivity contribution in [2.75, 3.05) is 0 Å². The van der Waals surface area contributed by atoms with Crippen LogP contribution in [0.1, 0.15) is 12.1 Å². The fourth-order valence-corrected chi connectivity index (χ4v) is 3.65. The van der Waals surface area contributed by atoms with E-state index in [-0.39, 0.29) is 5.56 Å². The van der Waals surface area contributed by atoms with Crippen molar-refractivity contribution in [1.82, 2.24) is 19.7 Å². The summed E-state index contributed by atoms with van der Waals surface area (Å²) in [7, 11) is 0. The summed E-state index contributed by atoms with van der Waals surface area (Å²) in [6, 6.07) is 7.72. The van der Waals surface area contributed by atoms with Crippen molar-refractivity contribution in [1.29, 1.82) is 0 Å². The van der Waals surface area contributed by atoms with Gasteiger partial charge in [0.1, 0.15) is 5.69 Å². The Morgan fingerprint density at radius 3 is 2.56 bits per heavy atom. The second-order valence-electron chi connectivity index (χ2n) is 6.48. The number of nitrogens with zero attached hydrogens (tertiary/aromatic N) is 4. The molecule has 0 bridgehead atoms. The third-order valence-corrected chi connectivity index (χ3v) is 4.89. The van der Waals surface area contributed by atoms with Gasteiger partial charge in [-0.1, -0.05) is 6.07 Å². The molecule has 0 radical (unpaired) electrons. The molecule has 4 aromatic rings. The largest absolute Gasteiger partial charge is 0.268 e. The van der Waals surface area contributed by atoms with E-state index in [1.165, 1.54) is 6.07 Å². The first kappa shape index (κ1) is 16.0. The first-order valence-electron chi connectivity index (χ1n) is 8.58. The van der Waals surface area contributed by atoms with E-state index in [1.54, 1.807) is 12.4 Å². The predicted octanol–water partition coefficient (Wildman–Crippen LogP) is 4.52. The van der Waals surface area contributed by atoms with Crippen molar-refractivity contribution in [2.45, 2.75) is 19.4 Å². The molecule has 4 nitrogen and oxygen atoms in total. The minimum absolute atomic E-state index is 0.0509. The summed E-state index contributed by atoms with van der Waals surface area (Å²) in [5.74, 6) is -3.94. The van der Waals surface area contributed by atoms with E-state index < -0.39 is 17.5 Å². The van der Waals surface area contributed by atoms with Gasteiger partial charge < -0.3 is 0 Å². The van der Waals surface area contributed by atoms with Crippen molar-refractivity contribution in [3.05, 3.63) is 65.9 Å². The number of hydrogen-bond donors (Lipinski definition) is 0. The molecule has 0 saturated heterocycles. The maximum Gasteiger partial charge on any atom is 0.195 e. The Labute approximate surface area is 152 Å². The first-order chi connectivity index (χ1) is 13.1. The second-order valence-corrected chi connectivity index (χ2v) is 6.48. The number of halogens is 3. The minimum atomic E-state index is -1.49. The maximum atomic E-state index is 14.5. The lowest BCUT2D eigenvalue weighted by molar-refractivity contribution is 0.448. The summed E-state index contributed by atoms with van der Waals surface area (Å²) in [6.45, 7) is 0.709. The highest BCUT2D eigenvalue weighted by Gasteiger charge is 2.27. The molecule has 2 aromatic carbocycles. The lowest BCUT2D eigenvalue weighted by atomic mass is 9.97. The average Bonchev–Trinajstić information content (AvgIpc) is 3.27. The summed E-state index contributed by atoms with van der Waals surface area (Å²) in [5, 5.41) is 4.50. The number of hydrogen-bond acceptors (Lipinski definition) is 3. The lowest BCUT2D eigenvalue weighted by Crippen LogP contribution is -1.97. The lowest BCUT2D eigenvalue weighted by Gasteiger charge is -2.08. The molecule has 3 heterocycles. The van der Waals surface area contributed by atoms with Crippen molar-refractivity contribution in [3.8, 4) is 22.4 Å². The monoisotopic (exact) mass is 366 g/mol. The quantitative estimate of drug-likeness (QED) is 0.490. The van der Waals surface area contributed by atoms with Crippen molar-refractivity contribution in [3.63, 3.8) is 0 Å². The molecule has 0 spiro atoms. The third kappa shape index (κ3) is 2.42. The van der Waals surface area contributed by atoms with Crippen LogP contribution < -0.4 is 0 Å². The van der Waals surface area contributed by atoms with Crippen LogP contribution in [-0.4, -0.2) is 19.7 Å². The van der Waals surface area contributed by atoms with Gasteiger partial charge in [-0.3, -0.25) is 14.6 Å². The van der Waals surface area contributed by atoms with E-state index in [0.717, 1.165) is 41.2 Å². The molecular weight excluding hydrogens is 353 g/mol. The molecule has 134 valence electrons.